The van der Waals surface area contributed by atoms with Gasteiger partial charge in [-0.25, -0.2) is 0 Å². The number of rotatable bonds is 2. The molecule has 4 unspecified atom stereocenters. The highest BCUT2D eigenvalue weighted by molar-refractivity contribution is 5.96. The Morgan fingerprint density at radius 1 is 1.31 bits per heavy atom. The van der Waals surface area contributed by atoms with Crippen LogP contribution in [0.5, 0.6) is 0 Å². The van der Waals surface area contributed by atoms with Crippen molar-refractivity contribution in [1.82, 2.24) is 0 Å². The highest BCUT2D eigenvalue weighted by Gasteiger charge is 2.78. The number of methoxy groups -OCH3 is 1. The number of ether oxygens (including phenoxy) is 2. The van der Waals surface area contributed by atoms with E-state index < -0.39 is 0 Å². The molecule has 1 N–H and O–H groups in total. The minimum Gasteiger partial charge on any atom is -0.411 e. The zero-order chi connectivity index (χ0) is 20.0. The van der Waals surface area contributed by atoms with Gasteiger partial charge in [-0.2, -0.15) is 0 Å². The van der Waals surface area contributed by atoms with E-state index in [9.17, 15) is 5.21 Å². The van der Waals surface area contributed by atoms with E-state index in [0.717, 1.165) is 48.6 Å². The van der Waals surface area contributed by atoms with Gasteiger partial charge in [0, 0.05) is 12.5 Å². The van der Waals surface area contributed by atoms with Gasteiger partial charge in [0.05, 0.1) is 11.3 Å². The van der Waals surface area contributed by atoms with Crippen molar-refractivity contribution in [2.45, 2.75) is 63.8 Å². The molecule has 1 heterocycles. The molecule has 0 amide bonds. The van der Waals surface area contributed by atoms with Gasteiger partial charge in [0.1, 0.15) is 0 Å². The first-order valence-corrected chi connectivity index (χ1v) is 11.6. The Bertz CT molecular complexity index is 843. The van der Waals surface area contributed by atoms with Crippen LogP contribution in [0, 0.1) is 40.9 Å². The Balaban J connectivity index is 1.39. The lowest BCUT2D eigenvalue weighted by molar-refractivity contribution is -0.209. The molecule has 29 heavy (non-hydrogen) atoms. The maximum absolute atomic E-state index is 9.27. The zero-order valence-corrected chi connectivity index (χ0v) is 17.6. The summed E-state index contributed by atoms with van der Waals surface area (Å²) in [5.41, 5.74) is 3.64. The molecule has 0 aromatic rings. The molecule has 1 aliphatic heterocycles. The van der Waals surface area contributed by atoms with E-state index in [4.69, 9.17) is 9.47 Å². The summed E-state index contributed by atoms with van der Waals surface area (Å²) in [6.45, 7) is 6.90. The monoisotopic (exact) mass is 395 g/mol. The second kappa shape index (κ2) is 6.07. The van der Waals surface area contributed by atoms with Crippen LogP contribution in [-0.2, 0) is 9.47 Å². The predicted octanol–water partition coefficient (Wildman–Crippen LogP) is 5.10. The summed E-state index contributed by atoms with van der Waals surface area (Å²) in [7, 11) is 1.76. The molecule has 4 heteroatoms. The van der Waals surface area contributed by atoms with Crippen molar-refractivity contribution in [3.05, 3.63) is 36.0 Å². The third-order valence-corrected chi connectivity index (χ3v) is 9.85. The van der Waals surface area contributed by atoms with Crippen LogP contribution in [0.2, 0.25) is 0 Å². The Labute approximate surface area is 173 Å². The van der Waals surface area contributed by atoms with Gasteiger partial charge in [-0.05, 0) is 98.2 Å². The molecule has 4 nitrogen and oxygen atoms in total. The smallest absolute Gasteiger partial charge is 0.177 e. The molecule has 6 rings (SSSR count). The fourth-order valence-corrected chi connectivity index (χ4v) is 8.83. The largest absolute Gasteiger partial charge is 0.411 e. The zero-order valence-electron chi connectivity index (χ0n) is 17.6. The van der Waals surface area contributed by atoms with Gasteiger partial charge in [0.25, 0.3) is 0 Å². The van der Waals surface area contributed by atoms with Crippen LogP contribution in [0.3, 0.4) is 0 Å². The second-order valence-corrected chi connectivity index (χ2v) is 10.4. The Morgan fingerprint density at radius 2 is 2.17 bits per heavy atom. The van der Waals surface area contributed by atoms with Gasteiger partial charge in [-0.1, -0.05) is 30.3 Å². The lowest BCUT2D eigenvalue weighted by Crippen LogP contribution is -2.56. The molecule has 9 atom stereocenters. The van der Waals surface area contributed by atoms with E-state index in [1.165, 1.54) is 36.8 Å². The van der Waals surface area contributed by atoms with E-state index in [-0.39, 0.29) is 17.3 Å². The van der Waals surface area contributed by atoms with Gasteiger partial charge in [0.15, 0.2) is 6.29 Å². The number of nitrogens with zero attached hydrogens (tertiary/aromatic N) is 1. The summed E-state index contributed by atoms with van der Waals surface area (Å²) in [6.07, 6.45) is 14.7. The van der Waals surface area contributed by atoms with Crippen LogP contribution in [-0.4, -0.2) is 29.9 Å². The third-order valence-electron chi connectivity index (χ3n) is 9.85. The molecule has 6 aliphatic rings. The van der Waals surface area contributed by atoms with Crippen molar-refractivity contribution < 1.29 is 14.7 Å². The normalized spacial score (nSPS) is 53.4. The predicted molar refractivity (Wildman–Crippen MR) is 112 cm³/mol. The highest BCUT2D eigenvalue weighted by Crippen LogP contribution is 2.79. The number of hydrogen-bond acceptors (Lipinski definition) is 4. The fourth-order valence-electron chi connectivity index (χ4n) is 8.83. The maximum Gasteiger partial charge on any atom is 0.177 e. The molecule has 0 aromatic heterocycles. The first kappa shape index (κ1) is 18.4. The Kier molecular flexibility index (Phi) is 3.85. The van der Waals surface area contributed by atoms with Crippen molar-refractivity contribution in [2.24, 2.45) is 46.1 Å². The molecular formula is C25H33NO3. The van der Waals surface area contributed by atoms with Crippen molar-refractivity contribution in [3.63, 3.8) is 0 Å². The van der Waals surface area contributed by atoms with Crippen LogP contribution in [0.25, 0.3) is 0 Å². The van der Waals surface area contributed by atoms with E-state index in [0.29, 0.717) is 11.8 Å². The summed E-state index contributed by atoms with van der Waals surface area (Å²) in [5, 5.41) is 12.8. The molecule has 1 spiro atoms. The second-order valence-electron chi connectivity index (χ2n) is 10.4. The molecule has 0 saturated heterocycles. The summed E-state index contributed by atoms with van der Waals surface area (Å²) in [5.74, 6) is 4.28. The lowest BCUT2D eigenvalue weighted by atomic mass is 9.47. The number of oxime groups is 1. The van der Waals surface area contributed by atoms with Crippen molar-refractivity contribution in [2.75, 3.05) is 7.11 Å². The van der Waals surface area contributed by atoms with Crippen LogP contribution < -0.4 is 0 Å². The number of hydrogen-bond donors (Lipinski definition) is 1. The van der Waals surface area contributed by atoms with Crippen LogP contribution in [0.15, 0.2) is 41.1 Å². The van der Waals surface area contributed by atoms with E-state index >= 15 is 0 Å². The van der Waals surface area contributed by atoms with Gasteiger partial charge < -0.3 is 14.7 Å². The first-order valence-electron chi connectivity index (χ1n) is 11.6. The molecule has 4 fully saturated rings. The van der Waals surface area contributed by atoms with Crippen molar-refractivity contribution in [1.29, 1.82) is 0 Å². The first-order chi connectivity index (χ1) is 14.1. The van der Waals surface area contributed by atoms with Crippen LogP contribution >= 0.6 is 0 Å². The average molecular weight is 396 g/mol. The average Bonchev–Trinajstić information content (AvgIpc) is 3.36. The van der Waals surface area contributed by atoms with E-state index in [2.05, 4.69) is 36.9 Å². The van der Waals surface area contributed by atoms with Crippen molar-refractivity contribution in [3.8, 4) is 0 Å². The minimum atomic E-state index is -0.179. The van der Waals surface area contributed by atoms with Crippen LogP contribution in [0.1, 0.15) is 51.9 Å². The molecule has 0 bridgehead atoms. The highest BCUT2D eigenvalue weighted by atomic mass is 16.7. The van der Waals surface area contributed by atoms with E-state index in [1.807, 2.05) is 0 Å². The van der Waals surface area contributed by atoms with E-state index in [1.54, 1.807) is 7.11 Å². The Morgan fingerprint density at radius 3 is 2.90 bits per heavy atom. The quantitative estimate of drug-likeness (QED) is 0.402. The lowest BCUT2D eigenvalue weighted by Gasteiger charge is -2.58. The summed E-state index contributed by atoms with van der Waals surface area (Å²) >= 11 is 0. The standard InChI is InChI=1S/C25H33NO3/c1-4-24-9-7-17-16-6-5-15(26-27)12-18(16)14(2)11-19(17)23(24)20-13-21(20)25(24)10-8-22(28-3)29-25/h8,10,12,16-17,19-23,27H,2,4-7,9,11,13H2,1,3H3/b26-15+/t16-,17?,19?,20-,21+,22?,23?,24+,25+/m1/s1. The summed E-state index contributed by atoms with van der Waals surface area (Å²) in [6, 6.07) is 0. The molecule has 5 aliphatic carbocycles. The maximum atomic E-state index is 9.27. The molecular weight excluding hydrogens is 362 g/mol. The van der Waals surface area contributed by atoms with Gasteiger partial charge >= 0.3 is 0 Å². The SMILES string of the molecule is C=C1CC2C(CC[C@@]3(CC)C2[C@@H]2C[C@@H]2[C@@]32C=CC(OC)O2)[C@H]2CC/C(=N\O)C=C12. The Hall–Kier alpha value is -1.39. The number of fused-ring (bicyclic) bond motifs is 9. The van der Waals surface area contributed by atoms with Gasteiger partial charge in [0.2, 0.25) is 0 Å². The molecule has 0 radical (unpaired) electrons. The molecule has 0 aromatic carbocycles. The van der Waals surface area contributed by atoms with Crippen molar-refractivity contribution >= 4 is 5.71 Å². The molecule has 4 saturated carbocycles. The number of allylic oxidation sites excluding steroid dienone is 3. The fraction of sp³-hybridized carbons (Fsp3) is 0.720. The van der Waals surface area contributed by atoms with Crippen LogP contribution in [0.4, 0.5) is 0 Å². The summed E-state index contributed by atoms with van der Waals surface area (Å²) in [4.78, 5) is 0. The van der Waals surface area contributed by atoms with Gasteiger partial charge in [-0.3, -0.25) is 0 Å². The topological polar surface area (TPSA) is 51.0 Å². The molecule has 156 valence electrons. The summed E-state index contributed by atoms with van der Waals surface area (Å²) < 4.78 is 12.3. The third kappa shape index (κ3) is 2.15. The minimum absolute atomic E-state index is 0.108. The van der Waals surface area contributed by atoms with Gasteiger partial charge in [-0.15, -0.1) is 0 Å².